The monoisotopic (exact) mass is 156 g/mol. The van der Waals surface area contributed by atoms with Crippen LogP contribution in [0.5, 0.6) is 0 Å². The molecule has 0 bridgehead atoms. The molecule has 0 aromatic carbocycles. The van der Waals surface area contributed by atoms with Crippen molar-refractivity contribution < 1.29 is 9.53 Å². The first kappa shape index (κ1) is 8.72. The summed E-state index contributed by atoms with van der Waals surface area (Å²) in [5.41, 5.74) is 0. The molecule has 0 saturated carbocycles. The number of ether oxygens (including phenoxy) is 1. The summed E-state index contributed by atoms with van der Waals surface area (Å²) in [5.74, 6) is 0.889. The summed E-state index contributed by atoms with van der Waals surface area (Å²) in [6.07, 6.45) is 3.21. The van der Waals surface area contributed by atoms with Gasteiger partial charge in [0.2, 0.25) is 0 Å². The molecule has 0 amide bonds. The van der Waals surface area contributed by atoms with Gasteiger partial charge in [0.1, 0.15) is 5.78 Å². The number of ketones is 1. The second-order valence-corrected chi connectivity index (χ2v) is 3.48. The fraction of sp³-hybridized carbons (Fsp3) is 0.889. The Kier molecular flexibility index (Phi) is 3.06. The Hall–Kier alpha value is -0.370. The molecule has 2 unspecified atom stereocenters. The Morgan fingerprint density at radius 3 is 2.91 bits per heavy atom. The predicted octanol–water partition coefficient (Wildman–Crippen LogP) is 1.78. The lowest BCUT2D eigenvalue weighted by molar-refractivity contribution is -0.118. The van der Waals surface area contributed by atoms with Crippen molar-refractivity contribution in [1.82, 2.24) is 0 Å². The van der Waals surface area contributed by atoms with E-state index in [9.17, 15) is 4.79 Å². The molecular formula is C9H16O2. The molecule has 2 heteroatoms. The van der Waals surface area contributed by atoms with Crippen molar-refractivity contribution >= 4 is 5.78 Å². The van der Waals surface area contributed by atoms with Crippen molar-refractivity contribution in [3.05, 3.63) is 0 Å². The fourth-order valence-corrected chi connectivity index (χ4v) is 1.68. The Bertz CT molecular complexity index is 142. The molecule has 2 nitrogen and oxygen atoms in total. The number of carbonyl (C=O) groups is 1. The highest BCUT2D eigenvalue weighted by Crippen LogP contribution is 2.22. The van der Waals surface area contributed by atoms with Crippen molar-refractivity contribution in [1.29, 1.82) is 0 Å². The maximum atomic E-state index is 10.8. The second kappa shape index (κ2) is 3.86. The minimum absolute atomic E-state index is 0.309. The lowest BCUT2D eigenvalue weighted by atomic mass is 9.92. The van der Waals surface area contributed by atoms with Crippen LogP contribution >= 0.6 is 0 Å². The van der Waals surface area contributed by atoms with Crippen molar-refractivity contribution in [3.63, 3.8) is 0 Å². The summed E-state index contributed by atoms with van der Waals surface area (Å²) in [5, 5.41) is 0. The summed E-state index contributed by atoms with van der Waals surface area (Å²) in [6.45, 7) is 4.57. The Morgan fingerprint density at radius 1 is 1.64 bits per heavy atom. The van der Waals surface area contributed by atoms with Crippen LogP contribution in [0.1, 0.15) is 33.1 Å². The number of hydrogen-bond acceptors (Lipinski definition) is 2. The molecule has 64 valence electrons. The van der Waals surface area contributed by atoms with E-state index in [1.165, 1.54) is 0 Å². The summed E-state index contributed by atoms with van der Waals surface area (Å²) < 4.78 is 5.38. The van der Waals surface area contributed by atoms with Crippen LogP contribution < -0.4 is 0 Å². The van der Waals surface area contributed by atoms with E-state index in [0.717, 1.165) is 25.9 Å². The summed E-state index contributed by atoms with van der Waals surface area (Å²) in [6, 6.07) is 0. The van der Waals surface area contributed by atoms with Gasteiger partial charge in [0.25, 0.3) is 0 Å². The third-order valence-electron chi connectivity index (χ3n) is 2.17. The molecule has 1 heterocycles. The molecule has 1 rings (SSSR count). The third kappa shape index (κ3) is 3.02. The average molecular weight is 156 g/mol. The largest absolute Gasteiger partial charge is 0.378 e. The van der Waals surface area contributed by atoms with E-state index in [-0.39, 0.29) is 0 Å². The van der Waals surface area contributed by atoms with E-state index < -0.39 is 0 Å². The first-order chi connectivity index (χ1) is 5.18. The number of Topliss-reactive ketones (excluding diaryl/α,β-unsaturated/α-hetero) is 1. The predicted molar refractivity (Wildman–Crippen MR) is 43.4 cm³/mol. The minimum atomic E-state index is 0.309. The van der Waals surface area contributed by atoms with Crippen molar-refractivity contribution in [2.24, 2.45) is 5.92 Å². The SMILES string of the molecule is CC(=O)CC1CCOC(C)C1. The molecule has 1 aliphatic heterocycles. The lowest BCUT2D eigenvalue weighted by Crippen LogP contribution is -2.24. The smallest absolute Gasteiger partial charge is 0.130 e. The highest BCUT2D eigenvalue weighted by Gasteiger charge is 2.19. The van der Waals surface area contributed by atoms with Crippen molar-refractivity contribution in [3.8, 4) is 0 Å². The quantitative estimate of drug-likeness (QED) is 0.609. The van der Waals surface area contributed by atoms with E-state index in [2.05, 4.69) is 6.92 Å². The maximum Gasteiger partial charge on any atom is 0.130 e. The zero-order valence-corrected chi connectivity index (χ0v) is 7.30. The molecule has 0 N–H and O–H groups in total. The Morgan fingerprint density at radius 2 is 2.36 bits per heavy atom. The van der Waals surface area contributed by atoms with Gasteiger partial charge in [-0.25, -0.2) is 0 Å². The molecule has 1 aliphatic rings. The highest BCUT2D eigenvalue weighted by atomic mass is 16.5. The van der Waals surface area contributed by atoms with Crippen LogP contribution in [0.3, 0.4) is 0 Å². The standard InChI is InChI=1S/C9H16O2/c1-7(10)5-9-3-4-11-8(2)6-9/h8-9H,3-6H2,1-2H3. The number of hydrogen-bond donors (Lipinski definition) is 0. The van der Waals surface area contributed by atoms with Crippen LogP contribution in [0.25, 0.3) is 0 Å². The van der Waals surface area contributed by atoms with Gasteiger partial charge in [-0.2, -0.15) is 0 Å². The number of rotatable bonds is 2. The Balaban J connectivity index is 2.28. The first-order valence-corrected chi connectivity index (χ1v) is 4.29. The molecule has 11 heavy (non-hydrogen) atoms. The minimum Gasteiger partial charge on any atom is -0.378 e. The van der Waals surface area contributed by atoms with E-state index in [0.29, 0.717) is 17.8 Å². The van der Waals surface area contributed by atoms with Crippen molar-refractivity contribution in [2.45, 2.75) is 39.2 Å². The van der Waals surface area contributed by atoms with Crippen LogP contribution in [0, 0.1) is 5.92 Å². The molecule has 0 spiro atoms. The van der Waals surface area contributed by atoms with Gasteiger partial charge in [0.15, 0.2) is 0 Å². The summed E-state index contributed by atoms with van der Waals surface area (Å²) in [7, 11) is 0. The van der Waals surface area contributed by atoms with E-state index in [1.54, 1.807) is 6.92 Å². The van der Waals surface area contributed by atoms with E-state index in [1.807, 2.05) is 0 Å². The maximum absolute atomic E-state index is 10.8. The molecule has 2 atom stereocenters. The first-order valence-electron chi connectivity index (χ1n) is 4.29. The normalized spacial score (nSPS) is 31.8. The Labute approximate surface area is 67.9 Å². The lowest BCUT2D eigenvalue weighted by Gasteiger charge is -2.26. The molecular weight excluding hydrogens is 140 g/mol. The van der Waals surface area contributed by atoms with E-state index in [4.69, 9.17) is 4.74 Å². The van der Waals surface area contributed by atoms with Crippen LogP contribution in [0.15, 0.2) is 0 Å². The third-order valence-corrected chi connectivity index (χ3v) is 2.17. The van der Waals surface area contributed by atoms with Gasteiger partial charge in [-0.05, 0) is 32.6 Å². The van der Waals surface area contributed by atoms with Crippen LogP contribution in [-0.2, 0) is 9.53 Å². The summed E-state index contributed by atoms with van der Waals surface area (Å²) >= 11 is 0. The van der Waals surface area contributed by atoms with Gasteiger partial charge in [0, 0.05) is 13.0 Å². The zero-order chi connectivity index (χ0) is 8.27. The molecule has 0 radical (unpaired) electrons. The fourth-order valence-electron chi connectivity index (χ4n) is 1.68. The van der Waals surface area contributed by atoms with E-state index >= 15 is 0 Å². The number of carbonyl (C=O) groups excluding carboxylic acids is 1. The molecule has 1 saturated heterocycles. The van der Waals surface area contributed by atoms with Gasteiger partial charge >= 0.3 is 0 Å². The topological polar surface area (TPSA) is 26.3 Å². The highest BCUT2D eigenvalue weighted by molar-refractivity contribution is 5.75. The molecule has 0 aromatic heterocycles. The van der Waals surface area contributed by atoms with Crippen molar-refractivity contribution in [2.75, 3.05) is 6.61 Å². The van der Waals surface area contributed by atoms with Gasteiger partial charge in [0.05, 0.1) is 6.10 Å². The second-order valence-electron chi connectivity index (χ2n) is 3.48. The van der Waals surface area contributed by atoms with Gasteiger partial charge in [-0.3, -0.25) is 0 Å². The average Bonchev–Trinajstić information content (AvgIpc) is 1.85. The van der Waals surface area contributed by atoms with Gasteiger partial charge < -0.3 is 9.53 Å². The van der Waals surface area contributed by atoms with Gasteiger partial charge in [-0.1, -0.05) is 0 Å². The van der Waals surface area contributed by atoms with Crippen LogP contribution in [0.4, 0.5) is 0 Å². The molecule has 0 aromatic rings. The van der Waals surface area contributed by atoms with Gasteiger partial charge in [-0.15, -0.1) is 0 Å². The molecule has 1 fully saturated rings. The zero-order valence-electron chi connectivity index (χ0n) is 7.30. The van der Waals surface area contributed by atoms with Crippen LogP contribution in [-0.4, -0.2) is 18.5 Å². The molecule has 0 aliphatic carbocycles. The summed E-state index contributed by atoms with van der Waals surface area (Å²) in [4.78, 5) is 10.8. The van der Waals surface area contributed by atoms with Crippen LogP contribution in [0.2, 0.25) is 0 Å².